The molecular formula is C27H47Br. The van der Waals surface area contributed by atoms with E-state index in [1.165, 1.54) is 57.8 Å². The molecule has 0 N–H and O–H groups in total. The van der Waals surface area contributed by atoms with Crippen LogP contribution in [0.15, 0.2) is 0 Å². The molecule has 4 aliphatic rings. The van der Waals surface area contributed by atoms with Gasteiger partial charge in [0.05, 0.1) is 0 Å². The summed E-state index contributed by atoms with van der Waals surface area (Å²) >= 11 is 3.97. The fraction of sp³-hybridized carbons (Fsp3) is 1.00. The molecule has 28 heavy (non-hydrogen) atoms. The smallest absolute Gasteiger partial charge is 0.0148 e. The van der Waals surface area contributed by atoms with Gasteiger partial charge < -0.3 is 0 Å². The maximum Gasteiger partial charge on any atom is 0.0148 e. The van der Waals surface area contributed by atoms with Crippen molar-refractivity contribution in [2.24, 2.45) is 52.3 Å². The standard InChI is InChI=1S/C27H47Br/c1-18(2)7-6-8-19(3)23-11-12-24-22-10-9-20-17-21(28)13-15-26(20,4)25(22)14-16-27(23,24)5/h18-25H,6-17H2,1-5H3/t19-,20?,21+,22+,23-,24+,25+,26+,27-/m1/s1. The maximum atomic E-state index is 3.97. The quantitative estimate of drug-likeness (QED) is 0.366. The highest BCUT2D eigenvalue weighted by Gasteiger charge is 2.60. The Kier molecular flexibility index (Phi) is 6.35. The normalized spacial score (nSPS) is 49.4. The Bertz CT molecular complexity index is 540. The highest BCUT2D eigenvalue weighted by molar-refractivity contribution is 9.09. The maximum absolute atomic E-state index is 3.97. The monoisotopic (exact) mass is 450 g/mol. The van der Waals surface area contributed by atoms with Crippen molar-refractivity contribution in [3.8, 4) is 0 Å². The van der Waals surface area contributed by atoms with Crippen molar-refractivity contribution in [1.29, 1.82) is 0 Å². The topological polar surface area (TPSA) is 0 Å². The van der Waals surface area contributed by atoms with E-state index in [9.17, 15) is 0 Å². The van der Waals surface area contributed by atoms with E-state index in [4.69, 9.17) is 0 Å². The first kappa shape index (κ1) is 21.7. The summed E-state index contributed by atoms with van der Waals surface area (Å²) in [6, 6.07) is 0. The van der Waals surface area contributed by atoms with E-state index in [1.807, 2.05) is 0 Å². The first-order chi connectivity index (χ1) is 13.3. The number of rotatable bonds is 5. The second-order valence-electron chi connectivity index (χ2n) is 12.6. The van der Waals surface area contributed by atoms with Gasteiger partial charge in [-0.05, 0) is 110 Å². The lowest BCUT2D eigenvalue weighted by atomic mass is 9.44. The minimum Gasteiger partial charge on any atom is -0.0891 e. The summed E-state index contributed by atoms with van der Waals surface area (Å²) in [6.45, 7) is 12.9. The fourth-order valence-electron chi connectivity index (χ4n) is 9.23. The van der Waals surface area contributed by atoms with Crippen LogP contribution in [0.2, 0.25) is 0 Å². The van der Waals surface area contributed by atoms with Crippen molar-refractivity contribution in [2.75, 3.05) is 0 Å². The van der Waals surface area contributed by atoms with Crippen LogP contribution in [0.25, 0.3) is 0 Å². The van der Waals surface area contributed by atoms with Gasteiger partial charge in [-0.3, -0.25) is 0 Å². The molecule has 4 fully saturated rings. The molecule has 9 atom stereocenters. The average molecular weight is 452 g/mol. The van der Waals surface area contributed by atoms with Gasteiger partial charge in [0.2, 0.25) is 0 Å². The van der Waals surface area contributed by atoms with E-state index in [2.05, 4.69) is 50.5 Å². The summed E-state index contributed by atoms with van der Waals surface area (Å²) in [5.74, 6) is 6.97. The molecule has 0 aromatic carbocycles. The van der Waals surface area contributed by atoms with E-state index in [1.54, 1.807) is 19.3 Å². The van der Waals surface area contributed by atoms with E-state index in [0.717, 1.165) is 46.3 Å². The molecule has 4 aliphatic carbocycles. The molecule has 162 valence electrons. The zero-order valence-electron chi connectivity index (χ0n) is 19.5. The highest BCUT2D eigenvalue weighted by Crippen LogP contribution is 2.68. The third-order valence-corrected chi connectivity index (χ3v) is 11.6. The largest absolute Gasteiger partial charge is 0.0891 e. The lowest BCUT2D eigenvalue weighted by molar-refractivity contribution is -0.113. The lowest BCUT2D eigenvalue weighted by Crippen LogP contribution is -2.53. The summed E-state index contributed by atoms with van der Waals surface area (Å²) in [5.41, 5.74) is 1.32. The first-order valence-corrected chi connectivity index (χ1v) is 13.8. The molecule has 0 heterocycles. The Balaban J connectivity index is 1.46. The summed E-state index contributed by atoms with van der Waals surface area (Å²) in [5, 5.41) is 0. The molecule has 0 aliphatic heterocycles. The third-order valence-electron chi connectivity index (χ3n) is 10.8. The number of alkyl halides is 1. The minimum absolute atomic E-state index is 0.661. The van der Waals surface area contributed by atoms with Gasteiger partial charge in [-0.1, -0.05) is 69.8 Å². The summed E-state index contributed by atoms with van der Waals surface area (Å²) in [7, 11) is 0. The zero-order chi connectivity index (χ0) is 20.1. The van der Waals surface area contributed by atoms with Crippen molar-refractivity contribution in [3.63, 3.8) is 0 Å². The first-order valence-electron chi connectivity index (χ1n) is 12.9. The predicted molar refractivity (Wildman–Crippen MR) is 126 cm³/mol. The highest BCUT2D eigenvalue weighted by atomic mass is 79.9. The molecule has 0 aromatic heterocycles. The summed E-state index contributed by atoms with van der Waals surface area (Å²) in [4.78, 5) is 0.804. The van der Waals surface area contributed by atoms with Gasteiger partial charge in [-0.2, -0.15) is 0 Å². The van der Waals surface area contributed by atoms with Crippen molar-refractivity contribution in [3.05, 3.63) is 0 Å². The van der Waals surface area contributed by atoms with Crippen LogP contribution in [-0.2, 0) is 0 Å². The SMILES string of the molecule is CC(C)CCC[C@@H](C)[C@H]1CC[C@H]2[C@@H]3CCC4C[C@@H](Br)CC[C@]4(C)[C@H]3CC[C@]12C. The number of halogens is 1. The van der Waals surface area contributed by atoms with E-state index < -0.39 is 0 Å². The number of hydrogen-bond acceptors (Lipinski definition) is 0. The van der Waals surface area contributed by atoms with Gasteiger partial charge in [0.1, 0.15) is 0 Å². The van der Waals surface area contributed by atoms with Crippen molar-refractivity contribution >= 4 is 15.9 Å². The van der Waals surface area contributed by atoms with Crippen LogP contribution in [0.1, 0.15) is 112 Å². The van der Waals surface area contributed by atoms with Crippen LogP contribution < -0.4 is 0 Å². The molecule has 1 unspecified atom stereocenters. The summed E-state index contributed by atoms with van der Waals surface area (Å²) in [6.07, 6.45) is 18.0. The van der Waals surface area contributed by atoms with E-state index in [-0.39, 0.29) is 0 Å². The fourth-order valence-corrected chi connectivity index (χ4v) is 9.91. The summed E-state index contributed by atoms with van der Waals surface area (Å²) < 4.78 is 0. The molecule has 1 heteroatoms. The minimum atomic E-state index is 0.661. The van der Waals surface area contributed by atoms with Crippen LogP contribution in [0.4, 0.5) is 0 Å². The van der Waals surface area contributed by atoms with Gasteiger partial charge in [-0.25, -0.2) is 0 Å². The lowest BCUT2D eigenvalue weighted by Gasteiger charge is -2.61. The molecule has 4 saturated carbocycles. The Morgan fingerprint density at radius 3 is 2.29 bits per heavy atom. The van der Waals surface area contributed by atoms with Crippen molar-refractivity contribution in [1.82, 2.24) is 0 Å². The Morgan fingerprint density at radius 2 is 1.54 bits per heavy atom. The average Bonchev–Trinajstić information content (AvgIpc) is 2.99. The van der Waals surface area contributed by atoms with Crippen molar-refractivity contribution in [2.45, 2.75) is 116 Å². The Morgan fingerprint density at radius 1 is 0.821 bits per heavy atom. The van der Waals surface area contributed by atoms with Crippen LogP contribution in [-0.4, -0.2) is 4.83 Å². The number of fused-ring (bicyclic) bond motifs is 5. The van der Waals surface area contributed by atoms with Crippen LogP contribution in [0, 0.1) is 52.3 Å². The van der Waals surface area contributed by atoms with Gasteiger partial charge in [-0.15, -0.1) is 0 Å². The third kappa shape index (κ3) is 3.67. The van der Waals surface area contributed by atoms with Gasteiger partial charge in [0, 0.05) is 4.83 Å². The Hall–Kier alpha value is 0.480. The van der Waals surface area contributed by atoms with Gasteiger partial charge in [0.25, 0.3) is 0 Å². The molecule has 0 aromatic rings. The van der Waals surface area contributed by atoms with Crippen LogP contribution >= 0.6 is 15.9 Å². The Labute approximate surface area is 184 Å². The molecule has 0 saturated heterocycles. The predicted octanol–water partition coefficient (Wildman–Crippen LogP) is 8.87. The molecule has 0 radical (unpaired) electrons. The molecule has 0 nitrogen and oxygen atoms in total. The second-order valence-corrected chi connectivity index (χ2v) is 13.9. The number of hydrogen-bond donors (Lipinski definition) is 0. The van der Waals surface area contributed by atoms with Gasteiger partial charge in [0.15, 0.2) is 0 Å². The van der Waals surface area contributed by atoms with E-state index >= 15 is 0 Å². The van der Waals surface area contributed by atoms with Crippen LogP contribution in [0.5, 0.6) is 0 Å². The molecule has 4 rings (SSSR count). The molecular weight excluding hydrogens is 404 g/mol. The molecule has 0 amide bonds. The van der Waals surface area contributed by atoms with Crippen LogP contribution in [0.3, 0.4) is 0 Å². The van der Waals surface area contributed by atoms with E-state index in [0.29, 0.717) is 10.8 Å². The molecule has 0 bridgehead atoms. The zero-order valence-corrected chi connectivity index (χ0v) is 21.1. The van der Waals surface area contributed by atoms with Crippen molar-refractivity contribution < 1.29 is 0 Å². The second kappa shape index (κ2) is 8.20. The molecule has 0 spiro atoms. The van der Waals surface area contributed by atoms with Gasteiger partial charge >= 0.3 is 0 Å².